The highest BCUT2D eigenvalue weighted by Crippen LogP contribution is 2.14. The fraction of sp³-hybridized carbons (Fsp3) is 0.250. The Hall–Kier alpha value is -2.15. The molecule has 0 unspecified atom stereocenters. The van der Waals surface area contributed by atoms with E-state index in [2.05, 4.69) is 11.1 Å². The van der Waals surface area contributed by atoms with E-state index < -0.39 is 0 Å². The molecule has 0 saturated carbocycles. The molecular weight excluding hydrogens is 202 g/mol. The van der Waals surface area contributed by atoms with Crippen molar-refractivity contribution in [3.63, 3.8) is 0 Å². The first kappa shape index (κ1) is 10.4. The van der Waals surface area contributed by atoms with Crippen LogP contribution in [0, 0.1) is 17.2 Å². The summed E-state index contributed by atoms with van der Waals surface area (Å²) in [6.45, 7) is 3.69. The zero-order chi connectivity index (χ0) is 11.7. The number of aromatic nitrogens is 2. The van der Waals surface area contributed by atoms with Crippen LogP contribution < -0.4 is 0 Å². The summed E-state index contributed by atoms with van der Waals surface area (Å²) < 4.78 is 1.67. The second kappa shape index (κ2) is 3.78. The SMILES string of the molecule is CC(C)C(=O)c1cnc2c(C#N)cccn12. The number of ketones is 1. The molecule has 2 aromatic rings. The van der Waals surface area contributed by atoms with Crippen LogP contribution in [-0.2, 0) is 0 Å². The summed E-state index contributed by atoms with van der Waals surface area (Å²) >= 11 is 0. The Kier molecular flexibility index (Phi) is 2.45. The molecule has 16 heavy (non-hydrogen) atoms. The number of carbonyl (C=O) groups excluding carboxylic acids is 1. The molecule has 0 atom stereocenters. The molecular formula is C12H11N3O. The van der Waals surface area contributed by atoms with E-state index in [9.17, 15) is 4.79 Å². The predicted octanol–water partition coefficient (Wildman–Crippen LogP) is 2.04. The largest absolute Gasteiger partial charge is 0.296 e. The van der Waals surface area contributed by atoms with Gasteiger partial charge in [-0.15, -0.1) is 0 Å². The summed E-state index contributed by atoms with van der Waals surface area (Å²) in [5.41, 5.74) is 1.54. The number of nitriles is 1. The predicted molar refractivity (Wildman–Crippen MR) is 59.1 cm³/mol. The third-order valence-electron chi connectivity index (χ3n) is 2.43. The summed E-state index contributed by atoms with van der Waals surface area (Å²) in [5, 5.41) is 8.90. The van der Waals surface area contributed by atoms with Crippen LogP contribution in [0.3, 0.4) is 0 Å². The average molecular weight is 213 g/mol. The Labute approximate surface area is 93.1 Å². The van der Waals surface area contributed by atoms with Crippen molar-refractivity contribution in [2.24, 2.45) is 5.92 Å². The molecule has 0 saturated heterocycles. The van der Waals surface area contributed by atoms with Crippen molar-refractivity contribution < 1.29 is 4.79 Å². The van der Waals surface area contributed by atoms with Gasteiger partial charge < -0.3 is 0 Å². The van der Waals surface area contributed by atoms with Crippen molar-refractivity contribution in [3.05, 3.63) is 35.8 Å². The van der Waals surface area contributed by atoms with E-state index in [0.29, 0.717) is 16.9 Å². The third kappa shape index (κ3) is 1.47. The van der Waals surface area contributed by atoms with Crippen molar-refractivity contribution in [1.82, 2.24) is 9.38 Å². The van der Waals surface area contributed by atoms with Crippen LogP contribution in [0.4, 0.5) is 0 Å². The van der Waals surface area contributed by atoms with Crippen LogP contribution in [0.25, 0.3) is 5.65 Å². The van der Waals surface area contributed by atoms with Gasteiger partial charge in [0.05, 0.1) is 11.8 Å². The number of Topliss-reactive ketones (excluding diaryl/α,β-unsaturated/α-hetero) is 1. The Morgan fingerprint density at radius 2 is 2.31 bits per heavy atom. The van der Waals surface area contributed by atoms with Gasteiger partial charge >= 0.3 is 0 Å². The lowest BCUT2D eigenvalue weighted by Crippen LogP contribution is -2.10. The first-order chi connectivity index (χ1) is 7.65. The van der Waals surface area contributed by atoms with Gasteiger partial charge in [-0.25, -0.2) is 4.98 Å². The fourth-order valence-corrected chi connectivity index (χ4v) is 1.58. The van der Waals surface area contributed by atoms with Gasteiger partial charge in [0.2, 0.25) is 0 Å². The average Bonchev–Trinajstić information content (AvgIpc) is 2.71. The van der Waals surface area contributed by atoms with Crippen molar-refractivity contribution in [2.45, 2.75) is 13.8 Å². The number of hydrogen-bond acceptors (Lipinski definition) is 3. The molecule has 0 aromatic carbocycles. The van der Waals surface area contributed by atoms with Gasteiger partial charge in [0.1, 0.15) is 11.8 Å². The second-order valence-electron chi connectivity index (χ2n) is 3.89. The maximum atomic E-state index is 11.9. The molecule has 80 valence electrons. The highest BCUT2D eigenvalue weighted by molar-refractivity contribution is 5.96. The van der Waals surface area contributed by atoms with E-state index in [1.165, 1.54) is 6.20 Å². The minimum absolute atomic E-state index is 0.0302. The van der Waals surface area contributed by atoms with Crippen LogP contribution in [0.2, 0.25) is 0 Å². The molecule has 2 heterocycles. The summed E-state index contributed by atoms with van der Waals surface area (Å²) in [7, 11) is 0. The van der Waals surface area contributed by atoms with Crippen LogP contribution in [0.1, 0.15) is 29.9 Å². The minimum atomic E-state index is -0.0781. The van der Waals surface area contributed by atoms with E-state index in [4.69, 9.17) is 5.26 Å². The van der Waals surface area contributed by atoms with E-state index in [-0.39, 0.29) is 11.7 Å². The van der Waals surface area contributed by atoms with Gasteiger partial charge in [0.15, 0.2) is 11.4 Å². The van der Waals surface area contributed by atoms with Crippen LogP contribution in [-0.4, -0.2) is 15.2 Å². The molecule has 0 N–H and O–H groups in total. The lowest BCUT2D eigenvalue weighted by atomic mass is 10.1. The highest BCUT2D eigenvalue weighted by atomic mass is 16.1. The quantitative estimate of drug-likeness (QED) is 0.717. The number of carbonyl (C=O) groups is 1. The van der Waals surface area contributed by atoms with Gasteiger partial charge in [-0.2, -0.15) is 5.26 Å². The maximum absolute atomic E-state index is 11.9. The number of imidazole rings is 1. The molecule has 0 fully saturated rings. The van der Waals surface area contributed by atoms with Crippen LogP contribution in [0.15, 0.2) is 24.5 Å². The zero-order valence-corrected chi connectivity index (χ0v) is 9.14. The topological polar surface area (TPSA) is 58.2 Å². The Balaban J connectivity index is 2.68. The number of fused-ring (bicyclic) bond motifs is 1. The molecule has 0 spiro atoms. The molecule has 0 aliphatic rings. The Morgan fingerprint density at radius 3 is 2.94 bits per heavy atom. The smallest absolute Gasteiger partial charge is 0.183 e. The standard InChI is InChI=1S/C12H11N3O/c1-8(2)11(16)10-7-14-12-9(6-13)4-3-5-15(10)12/h3-5,7-8H,1-2H3. The molecule has 0 bridgehead atoms. The summed E-state index contributed by atoms with van der Waals surface area (Å²) in [5.74, 6) is -0.0479. The van der Waals surface area contributed by atoms with E-state index >= 15 is 0 Å². The number of rotatable bonds is 2. The van der Waals surface area contributed by atoms with Crippen molar-refractivity contribution in [3.8, 4) is 6.07 Å². The van der Waals surface area contributed by atoms with E-state index in [0.717, 1.165) is 0 Å². The number of nitrogens with zero attached hydrogens (tertiary/aromatic N) is 3. The molecule has 0 radical (unpaired) electrons. The molecule has 0 aliphatic carbocycles. The third-order valence-corrected chi connectivity index (χ3v) is 2.43. The Bertz CT molecular complexity index is 590. The molecule has 2 rings (SSSR count). The molecule has 2 aromatic heterocycles. The summed E-state index contributed by atoms with van der Waals surface area (Å²) in [6, 6.07) is 5.48. The van der Waals surface area contributed by atoms with Gasteiger partial charge in [-0.05, 0) is 12.1 Å². The number of hydrogen-bond donors (Lipinski definition) is 0. The van der Waals surface area contributed by atoms with Crippen molar-refractivity contribution in [2.75, 3.05) is 0 Å². The first-order valence-corrected chi connectivity index (χ1v) is 5.05. The van der Waals surface area contributed by atoms with E-state index in [1.54, 1.807) is 22.7 Å². The van der Waals surface area contributed by atoms with Crippen LogP contribution >= 0.6 is 0 Å². The highest BCUT2D eigenvalue weighted by Gasteiger charge is 2.16. The van der Waals surface area contributed by atoms with Crippen LogP contribution in [0.5, 0.6) is 0 Å². The normalized spacial score (nSPS) is 10.6. The lowest BCUT2D eigenvalue weighted by Gasteiger charge is -2.03. The van der Waals surface area contributed by atoms with Crippen molar-refractivity contribution in [1.29, 1.82) is 5.26 Å². The molecule has 4 nitrogen and oxygen atoms in total. The first-order valence-electron chi connectivity index (χ1n) is 5.05. The van der Waals surface area contributed by atoms with Gasteiger partial charge in [0, 0.05) is 12.1 Å². The molecule has 0 aliphatic heterocycles. The van der Waals surface area contributed by atoms with Gasteiger partial charge in [-0.1, -0.05) is 13.8 Å². The van der Waals surface area contributed by atoms with Gasteiger partial charge in [-0.3, -0.25) is 9.20 Å². The lowest BCUT2D eigenvalue weighted by molar-refractivity contribution is 0.0933. The Morgan fingerprint density at radius 1 is 1.56 bits per heavy atom. The van der Waals surface area contributed by atoms with Gasteiger partial charge in [0.25, 0.3) is 0 Å². The van der Waals surface area contributed by atoms with Crippen molar-refractivity contribution >= 4 is 11.4 Å². The number of pyridine rings is 1. The summed E-state index contributed by atoms with van der Waals surface area (Å²) in [4.78, 5) is 16.0. The monoisotopic (exact) mass is 213 g/mol. The van der Waals surface area contributed by atoms with E-state index in [1.807, 2.05) is 13.8 Å². The second-order valence-corrected chi connectivity index (χ2v) is 3.89. The zero-order valence-electron chi connectivity index (χ0n) is 9.14. The summed E-state index contributed by atoms with van der Waals surface area (Å²) in [6.07, 6.45) is 3.28. The molecule has 0 amide bonds. The fourth-order valence-electron chi connectivity index (χ4n) is 1.58. The molecule has 4 heteroatoms. The minimum Gasteiger partial charge on any atom is -0.296 e. The maximum Gasteiger partial charge on any atom is 0.183 e.